The number of fused-ring (bicyclic) bond motifs is 3. The SMILES string of the molecule is Cc1ncc2c(n1)C1(C)C=C(C#N)C(=O)C(C)(C)C1CC2. The number of aryl methyl sites for hydroxylation is 2. The molecule has 2 unspecified atom stereocenters. The van der Waals surface area contributed by atoms with Crippen molar-refractivity contribution in [2.45, 2.75) is 46.0 Å². The molecule has 0 bridgehead atoms. The molecule has 3 rings (SSSR count). The standard InChI is InChI=1S/C17H19N3O/c1-10-19-9-11-5-6-13-16(2,3)15(21)12(8-18)7-17(13,4)14(11)20-10/h7,9,13H,5-6H2,1-4H3. The van der Waals surface area contributed by atoms with E-state index in [1.165, 1.54) is 0 Å². The molecule has 0 fully saturated rings. The van der Waals surface area contributed by atoms with Gasteiger partial charge in [0.1, 0.15) is 11.9 Å². The number of allylic oxidation sites excluding steroid dienone is 2. The molecule has 0 saturated heterocycles. The molecule has 0 aromatic carbocycles. The molecular weight excluding hydrogens is 262 g/mol. The molecule has 1 heterocycles. The number of aromatic nitrogens is 2. The smallest absolute Gasteiger partial charge is 0.178 e. The maximum absolute atomic E-state index is 12.5. The summed E-state index contributed by atoms with van der Waals surface area (Å²) in [7, 11) is 0. The van der Waals surface area contributed by atoms with E-state index in [1.54, 1.807) is 0 Å². The first-order valence-electron chi connectivity index (χ1n) is 7.31. The van der Waals surface area contributed by atoms with Crippen LogP contribution in [0.5, 0.6) is 0 Å². The molecule has 2 atom stereocenters. The quantitative estimate of drug-likeness (QED) is 0.733. The maximum Gasteiger partial charge on any atom is 0.178 e. The predicted molar refractivity (Wildman–Crippen MR) is 78.4 cm³/mol. The van der Waals surface area contributed by atoms with Crippen LogP contribution in [0, 0.1) is 29.6 Å². The lowest BCUT2D eigenvalue weighted by Crippen LogP contribution is -2.51. The lowest BCUT2D eigenvalue weighted by Gasteiger charge is -2.50. The Kier molecular flexibility index (Phi) is 2.81. The van der Waals surface area contributed by atoms with Crippen LogP contribution < -0.4 is 0 Å². The molecule has 0 amide bonds. The predicted octanol–water partition coefficient (Wildman–Crippen LogP) is 2.66. The van der Waals surface area contributed by atoms with Gasteiger partial charge in [-0.25, -0.2) is 9.97 Å². The lowest BCUT2D eigenvalue weighted by atomic mass is 9.52. The number of nitriles is 1. The summed E-state index contributed by atoms with van der Waals surface area (Å²) >= 11 is 0. The average molecular weight is 281 g/mol. The fourth-order valence-corrected chi connectivity index (χ4v) is 4.14. The monoisotopic (exact) mass is 281 g/mol. The van der Waals surface area contributed by atoms with Crippen LogP contribution >= 0.6 is 0 Å². The number of nitrogens with zero attached hydrogens (tertiary/aromatic N) is 3. The van der Waals surface area contributed by atoms with E-state index >= 15 is 0 Å². The molecular formula is C17H19N3O. The van der Waals surface area contributed by atoms with Crippen molar-refractivity contribution >= 4 is 5.78 Å². The second-order valence-electron chi connectivity index (χ2n) is 6.89. The zero-order valence-electron chi connectivity index (χ0n) is 12.9. The number of ketones is 1. The van der Waals surface area contributed by atoms with Gasteiger partial charge in [0, 0.05) is 17.0 Å². The summed E-state index contributed by atoms with van der Waals surface area (Å²) in [6, 6.07) is 2.08. The Morgan fingerprint density at radius 1 is 1.38 bits per heavy atom. The largest absolute Gasteiger partial charge is 0.293 e. The fraction of sp³-hybridized carbons (Fsp3) is 0.529. The second kappa shape index (κ2) is 4.24. The number of carbonyl (C=O) groups is 1. The van der Waals surface area contributed by atoms with Gasteiger partial charge in [0.15, 0.2) is 5.78 Å². The van der Waals surface area contributed by atoms with Gasteiger partial charge in [0.05, 0.1) is 11.3 Å². The van der Waals surface area contributed by atoms with E-state index < -0.39 is 5.41 Å². The number of hydrogen-bond donors (Lipinski definition) is 0. The number of hydrogen-bond acceptors (Lipinski definition) is 4. The van der Waals surface area contributed by atoms with E-state index in [9.17, 15) is 10.1 Å². The minimum atomic E-state index is -0.537. The molecule has 0 radical (unpaired) electrons. The van der Waals surface area contributed by atoms with Gasteiger partial charge in [-0.3, -0.25) is 4.79 Å². The van der Waals surface area contributed by atoms with Crippen molar-refractivity contribution in [2.75, 3.05) is 0 Å². The molecule has 1 aromatic rings. The third-order valence-corrected chi connectivity index (χ3v) is 5.19. The molecule has 21 heavy (non-hydrogen) atoms. The summed E-state index contributed by atoms with van der Waals surface area (Å²) in [4.78, 5) is 21.5. The third kappa shape index (κ3) is 1.77. The Labute approximate surface area is 124 Å². The molecule has 2 aliphatic carbocycles. The average Bonchev–Trinajstić information content (AvgIpc) is 2.43. The summed E-state index contributed by atoms with van der Waals surface area (Å²) in [5.74, 6) is 0.857. The van der Waals surface area contributed by atoms with Crippen LogP contribution in [0.15, 0.2) is 17.8 Å². The van der Waals surface area contributed by atoms with E-state index in [2.05, 4.69) is 23.0 Å². The first-order chi connectivity index (χ1) is 9.80. The molecule has 1 aromatic heterocycles. The van der Waals surface area contributed by atoms with Gasteiger partial charge in [0.25, 0.3) is 0 Å². The van der Waals surface area contributed by atoms with E-state index in [4.69, 9.17) is 0 Å². The first kappa shape index (κ1) is 13.9. The lowest BCUT2D eigenvalue weighted by molar-refractivity contribution is -0.128. The van der Waals surface area contributed by atoms with Gasteiger partial charge in [-0.15, -0.1) is 0 Å². The molecule has 0 N–H and O–H groups in total. The Bertz CT molecular complexity index is 711. The van der Waals surface area contributed by atoms with Crippen LogP contribution in [0.4, 0.5) is 0 Å². The fourth-order valence-electron chi connectivity index (χ4n) is 4.14. The number of carbonyl (C=O) groups excluding carboxylic acids is 1. The van der Waals surface area contributed by atoms with Crippen molar-refractivity contribution in [3.05, 3.63) is 34.9 Å². The molecule has 2 aliphatic rings. The molecule has 0 saturated carbocycles. The molecule has 0 aliphatic heterocycles. The van der Waals surface area contributed by atoms with Crippen LogP contribution in [0.3, 0.4) is 0 Å². The Morgan fingerprint density at radius 3 is 2.76 bits per heavy atom. The highest BCUT2D eigenvalue weighted by atomic mass is 16.1. The van der Waals surface area contributed by atoms with Crippen molar-refractivity contribution in [1.29, 1.82) is 5.26 Å². The van der Waals surface area contributed by atoms with Crippen LogP contribution in [0.2, 0.25) is 0 Å². The summed E-state index contributed by atoms with van der Waals surface area (Å²) < 4.78 is 0. The van der Waals surface area contributed by atoms with Crippen LogP contribution in [-0.4, -0.2) is 15.8 Å². The molecule has 0 spiro atoms. The molecule has 4 nitrogen and oxygen atoms in total. The first-order valence-corrected chi connectivity index (χ1v) is 7.31. The van der Waals surface area contributed by atoms with Crippen molar-refractivity contribution in [3.63, 3.8) is 0 Å². The highest BCUT2D eigenvalue weighted by Crippen LogP contribution is 2.53. The van der Waals surface area contributed by atoms with Crippen molar-refractivity contribution in [2.24, 2.45) is 11.3 Å². The van der Waals surface area contributed by atoms with Crippen LogP contribution in [0.25, 0.3) is 0 Å². The Morgan fingerprint density at radius 2 is 2.10 bits per heavy atom. The van der Waals surface area contributed by atoms with Gasteiger partial charge in [-0.2, -0.15) is 5.26 Å². The van der Waals surface area contributed by atoms with Crippen molar-refractivity contribution in [3.8, 4) is 6.07 Å². The van der Waals surface area contributed by atoms with Crippen molar-refractivity contribution in [1.82, 2.24) is 9.97 Å². The summed E-state index contributed by atoms with van der Waals surface area (Å²) in [6.07, 6.45) is 5.55. The van der Waals surface area contributed by atoms with Gasteiger partial charge in [-0.05, 0) is 31.2 Å². The zero-order valence-corrected chi connectivity index (χ0v) is 12.9. The van der Waals surface area contributed by atoms with Crippen molar-refractivity contribution < 1.29 is 4.79 Å². The van der Waals surface area contributed by atoms with Gasteiger partial charge in [-0.1, -0.05) is 26.8 Å². The summed E-state index contributed by atoms with van der Waals surface area (Å²) in [6.45, 7) is 7.90. The highest BCUT2D eigenvalue weighted by Gasteiger charge is 2.54. The summed E-state index contributed by atoms with van der Waals surface area (Å²) in [5.41, 5.74) is 1.48. The molecule has 4 heteroatoms. The van der Waals surface area contributed by atoms with Crippen LogP contribution in [0.1, 0.15) is 44.3 Å². The number of rotatable bonds is 0. The topological polar surface area (TPSA) is 66.6 Å². The van der Waals surface area contributed by atoms with E-state index in [0.717, 1.165) is 29.9 Å². The van der Waals surface area contributed by atoms with Gasteiger partial charge in [0.2, 0.25) is 0 Å². The Balaban J connectivity index is 2.30. The highest BCUT2D eigenvalue weighted by molar-refractivity contribution is 6.04. The minimum absolute atomic E-state index is 0.0401. The Hall–Kier alpha value is -2.02. The molecule has 108 valence electrons. The van der Waals surface area contributed by atoms with E-state index in [1.807, 2.05) is 33.0 Å². The van der Waals surface area contributed by atoms with E-state index in [0.29, 0.717) is 0 Å². The normalized spacial score (nSPS) is 30.0. The second-order valence-corrected chi connectivity index (χ2v) is 6.89. The van der Waals surface area contributed by atoms with Gasteiger partial charge < -0.3 is 0 Å². The van der Waals surface area contributed by atoms with E-state index in [-0.39, 0.29) is 22.7 Å². The third-order valence-electron chi connectivity index (χ3n) is 5.19. The summed E-state index contributed by atoms with van der Waals surface area (Å²) in [5, 5.41) is 9.33. The maximum atomic E-state index is 12.5. The number of Topliss-reactive ketones (excluding diaryl/α,β-unsaturated/α-hetero) is 1. The van der Waals surface area contributed by atoms with Gasteiger partial charge >= 0.3 is 0 Å². The minimum Gasteiger partial charge on any atom is -0.293 e. The van der Waals surface area contributed by atoms with Crippen LogP contribution in [-0.2, 0) is 16.6 Å². The zero-order chi connectivity index (χ0) is 15.4.